The predicted octanol–water partition coefficient (Wildman–Crippen LogP) is 0.133. The Balaban J connectivity index is 0.956. The predicted molar refractivity (Wildman–Crippen MR) is 112 cm³/mol. The normalized spacial score (nSPS) is 44.6. The van der Waals surface area contributed by atoms with Gasteiger partial charge in [-0.15, -0.1) is 0 Å². The molecule has 0 aromatic rings. The zero-order valence-electron chi connectivity index (χ0n) is 18.0. The zero-order chi connectivity index (χ0) is 21.7. The molecule has 0 spiro atoms. The number of piperazine rings is 1. The van der Waals surface area contributed by atoms with E-state index in [1.54, 1.807) is 0 Å². The van der Waals surface area contributed by atoms with Crippen LogP contribution in [0.2, 0.25) is 0 Å². The quantitative estimate of drug-likeness (QED) is 0.461. The number of carbonyl (C=O) groups is 4. The van der Waals surface area contributed by atoms with Crippen LogP contribution in [0.25, 0.3) is 0 Å². The van der Waals surface area contributed by atoms with E-state index in [1.165, 1.54) is 9.80 Å². The van der Waals surface area contributed by atoms with Crippen molar-refractivity contribution in [2.75, 3.05) is 39.5 Å². The van der Waals surface area contributed by atoms with Crippen LogP contribution in [0, 0.1) is 47.3 Å². The fourth-order valence-corrected chi connectivity index (χ4v) is 7.68. The molecule has 8 heteroatoms. The highest BCUT2D eigenvalue weighted by Crippen LogP contribution is 2.53. The van der Waals surface area contributed by atoms with E-state index in [1.807, 2.05) is 0 Å². The fraction of sp³-hybridized carbons (Fsp3) is 0.667. The second-order valence-corrected chi connectivity index (χ2v) is 10.7. The Morgan fingerprint density at radius 2 is 0.812 bits per heavy atom. The van der Waals surface area contributed by atoms with Gasteiger partial charge in [0.25, 0.3) is 0 Å². The van der Waals surface area contributed by atoms with Crippen molar-refractivity contribution in [3.05, 3.63) is 24.3 Å². The summed E-state index contributed by atoms with van der Waals surface area (Å²) in [6.07, 6.45) is 10.4. The number of carbonyl (C=O) groups excluding carboxylic acids is 4. The zero-order valence-corrected chi connectivity index (χ0v) is 18.0. The van der Waals surface area contributed by atoms with Crippen LogP contribution in [0.15, 0.2) is 24.3 Å². The Hall–Kier alpha value is -2.32. The second-order valence-electron chi connectivity index (χ2n) is 10.7. The van der Waals surface area contributed by atoms with Crippen LogP contribution in [0.1, 0.15) is 12.8 Å². The molecule has 4 bridgehead atoms. The van der Waals surface area contributed by atoms with Gasteiger partial charge in [0, 0.05) is 26.2 Å². The van der Waals surface area contributed by atoms with Gasteiger partial charge >= 0.3 is 0 Å². The van der Waals surface area contributed by atoms with Gasteiger partial charge < -0.3 is 0 Å². The van der Waals surface area contributed by atoms with Gasteiger partial charge in [-0.25, -0.2) is 0 Å². The minimum Gasteiger partial charge on any atom is -0.283 e. The van der Waals surface area contributed by atoms with Gasteiger partial charge in [0.05, 0.1) is 37.0 Å². The molecule has 4 aliphatic carbocycles. The average molecular weight is 437 g/mol. The van der Waals surface area contributed by atoms with E-state index in [-0.39, 0.29) is 71.0 Å². The number of nitrogens with zero attached hydrogens (tertiary/aromatic N) is 4. The van der Waals surface area contributed by atoms with Crippen molar-refractivity contribution in [3.63, 3.8) is 0 Å². The number of likely N-dealkylation sites (tertiary alicyclic amines) is 2. The van der Waals surface area contributed by atoms with Gasteiger partial charge in [-0.1, -0.05) is 24.3 Å². The standard InChI is InChI=1S/C24H28N4O4/c29-21-17-13-1-2-14(9-13)18(17)22(30)27(21)11-25-5-7-26(8-6-25)12-28-23(31)19-15-3-4-16(10-15)20(19)24(28)32/h1-4,13-20H,5-12H2. The highest BCUT2D eigenvalue weighted by atomic mass is 16.2. The van der Waals surface area contributed by atoms with Gasteiger partial charge in [0.15, 0.2) is 0 Å². The summed E-state index contributed by atoms with van der Waals surface area (Å²) in [7, 11) is 0. The van der Waals surface area contributed by atoms with Gasteiger partial charge in [-0.05, 0) is 36.5 Å². The molecule has 0 radical (unpaired) electrons. The first kappa shape index (κ1) is 19.2. The molecular formula is C24H28N4O4. The van der Waals surface area contributed by atoms with Crippen LogP contribution < -0.4 is 0 Å². The molecule has 8 atom stereocenters. The molecular weight excluding hydrogens is 408 g/mol. The van der Waals surface area contributed by atoms with Gasteiger partial charge in [0.2, 0.25) is 23.6 Å². The molecule has 168 valence electrons. The van der Waals surface area contributed by atoms with E-state index in [9.17, 15) is 19.2 Å². The monoisotopic (exact) mass is 436 g/mol. The molecule has 3 heterocycles. The summed E-state index contributed by atoms with van der Waals surface area (Å²) >= 11 is 0. The molecule has 2 saturated carbocycles. The molecule has 0 aromatic carbocycles. The lowest BCUT2D eigenvalue weighted by Crippen LogP contribution is -2.54. The highest BCUT2D eigenvalue weighted by Gasteiger charge is 2.60. The molecule has 5 fully saturated rings. The Labute approximate surface area is 186 Å². The molecule has 8 unspecified atom stereocenters. The van der Waals surface area contributed by atoms with Crippen molar-refractivity contribution in [1.82, 2.24) is 19.6 Å². The van der Waals surface area contributed by atoms with E-state index >= 15 is 0 Å². The number of allylic oxidation sites excluding steroid dienone is 4. The van der Waals surface area contributed by atoms with Crippen molar-refractivity contribution in [3.8, 4) is 0 Å². The van der Waals surface area contributed by atoms with Crippen molar-refractivity contribution < 1.29 is 19.2 Å². The van der Waals surface area contributed by atoms with Crippen molar-refractivity contribution in [2.24, 2.45) is 47.3 Å². The molecule has 7 aliphatic rings. The minimum atomic E-state index is -0.143. The fourth-order valence-electron chi connectivity index (χ4n) is 7.68. The summed E-state index contributed by atoms with van der Waals surface area (Å²) < 4.78 is 0. The highest BCUT2D eigenvalue weighted by molar-refractivity contribution is 6.07. The van der Waals surface area contributed by atoms with Crippen LogP contribution in [-0.4, -0.2) is 82.7 Å². The Morgan fingerprint density at radius 3 is 1.09 bits per heavy atom. The third-order valence-corrected chi connectivity index (χ3v) is 9.27. The summed E-state index contributed by atoms with van der Waals surface area (Å²) in [5, 5.41) is 0. The minimum absolute atomic E-state index is 0.00215. The van der Waals surface area contributed by atoms with Crippen LogP contribution in [0.4, 0.5) is 0 Å². The Bertz CT molecular complexity index is 844. The van der Waals surface area contributed by atoms with Crippen LogP contribution in [0.5, 0.6) is 0 Å². The van der Waals surface area contributed by atoms with Crippen molar-refractivity contribution >= 4 is 23.6 Å². The van der Waals surface area contributed by atoms with Crippen LogP contribution >= 0.6 is 0 Å². The van der Waals surface area contributed by atoms with Gasteiger partial charge in [-0.3, -0.25) is 38.8 Å². The maximum absolute atomic E-state index is 12.9. The first-order chi connectivity index (χ1) is 15.5. The number of hydrogen-bond donors (Lipinski definition) is 0. The number of hydrogen-bond acceptors (Lipinski definition) is 6. The summed E-state index contributed by atoms with van der Waals surface area (Å²) in [5.74, 6) is 0.394. The van der Waals surface area contributed by atoms with Gasteiger partial charge in [0.1, 0.15) is 0 Å². The number of amides is 4. The third-order valence-electron chi connectivity index (χ3n) is 9.27. The lowest BCUT2D eigenvalue weighted by atomic mass is 9.85. The van der Waals surface area contributed by atoms with E-state index in [4.69, 9.17) is 0 Å². The molecule has 7 rings (SSSR count). The Morgan fingerprint density at radius 1 is 0.531 bits per heavy atom. The summed E-state index contributed by atoms with van der Waals surface area (Å²) in [4.78, 5) is 59.0. The topological polar surface area (TPSA) is 81.2 Å². The molecule has 8 nitrogen and oxygen atoms in total. The smallest absolute Gasteiger partial charge is 0.234 e. The number of imide groups is 2. The molecule has 4 amide bonds. The number of fused-ring (bicyclic) bond motifs is 10. The molecule has 3 saturated heterocycles. The second kappa shape index (κ2) is 6.60. The van der Waals surface area contributed by atoms with E-state index in [0.717, 1.165) is 12.8 Å². The largest absolute Gasteiger partial charge is 0.283 e. The van der Waals surface area contributed by atoms with E-state index in [2.05, 4.69) is 34.1 Å². The molecule has 3 aliphatic heterocycles. The lowest BCUT2D eigenvalue weighted by molar-refractivity contribution is -0.146. The lowest BCUT2D eigenvalue weighted by Gasteiger charge is -2.37. The van der Waals surface area contributed by atoms with E-state index < -0.39 is 0 Å². The van der Waals surface area contributed by atoms with Crippen molar-refractivity contribution in [2.45, 2.75) is 12.8 Å². The van der Waals surface area contributed by atoms with Crippen LogP contribution in [0.3, 0.4) is 0 Å². The third kappa shape index (κ3) is 2.45. The van der Waals surface area contributed by atoms with Gasteiger partial charge in [-0.2, -0.15) is 0 Å². The maximum Gasteiger partial charge on any atom is 0.234 e. The summed E-state index contributed by atoms with van der Waals surface area (Å²) in [5.41, 5.74) is 0. The molecule has 32 heavy (non-hydrogen) atoms. The first-order valence-electron chi connectivity index (χ1n) is 12.0. The SMILES string of the molecule is O=C1C2C3C=CC(C3)C2C(=O)N1CN1CCN(CN2C(=O)C3C4C=CC(C4)C3C2=O)CC1. The summed E-state index contributed by atoms with van der Waals surface area (Å²) in [6.45, 7) is 3.58. The van der Waals surface area contributed by atoms with Crippen LogP contribution in [-0.2, 0) is 19.2 Å². The average Bonchev–Trinajstić information content (AvgIpc) is 3.62. The maximum atomic E-state index is 12.9. The first-order valence-corrected chi connectivity index (χ1v) is 12.0. The number of rotatable bonds is 4. The molecule has 0 aromatic heterocycles. The van der Waals surface area contributed by atoms with E-state index in [0.29, 0.717) is 39.5 Å². The van der Waals surface area contributed by atoms with Crippen molar-refractivity contribution in [1.29, 1.82) is 0 Å². The molecule has 0 N–H and O–H groups in total. The Kier molecular flexibility index (Phi) is 3.96. The summed E-state index contributed by atoms with van der Waals surface area (Å²) in [6, 6.07) is 0.